The van der Waals surface area contributed by atoms with E-state index in [0.29, 0.717) is 35.9 Å². The van der Waals surface area contributed by atoms with Crippen LogP contribution in [0.3, 0.4) is 0 Å². The summed E-state index contributed by atoms with van der Waals surface area (Å²) in [5.41, 5.74) is 1.87. The number of nitrogens with zero attached hydrogens (tertiary/aromatic N) is 1. The van der Waals surface area contributed by atoms with Gasteiger partial charge in [-0.25, -0.2) is 8.78 Å². The standard InChI is InChI=1S/C30H22Cl2F2N2O4S/c1-15(29-30(38)35-16(2)41-29)17-5-9-25(21(32)12-17)39-10-11-40-28-26(18-4-8-22(33)23(34)13-18)36(3)24-14-19(31)6-7-20(24)27(28)37/h4-9,12-14H,2,10-11H2,1,3H3,(H,35,38)/b29-15+. The third-order valence-electron chi connectivity index (χ3n) is 6.49. The van der Waals surface area contributed by atoms with Crippen LogP contribution in [0, 0.1) is 11.6 Å². The van der Waals surface area contributed by atoms with Crippen LogP contribution in [0.4, 0.5) is 8.78 Å². The van der Waals surface area contributed by atoms with E-state index < -0.39 is 17.1 Å². The summed E-state index contributed by atoms with van der Waals surface area (Å²) in [6, 6.07) is 13.3. The topological polar surface area (TPSA) is 73.3 Å². The molecule has 5 rings (SSSR count). The summed E-state index contributed by atoms with van der Waals surface area (Å²) in [6.07, 6.45) is 0. The molecule has 0 saturated carbocycles. The third kappa shape index (κ3) is 5.66. The molecule has 0 amide bonds. The molecular formula is C30H22Cl2F2N2O4S. The highest BCUT2D eigenvalue weighted by Crippen LogP contribution is 2.32. The van der Waals surface area contributed by atoms with Crippen molar-refractivity contribution in [2.45, 2.75) is 6.92 Å². The molecule has 5 aromatic rings. The van der Waals surface area contributed by atoms with E-state index in [4.69, 9.17) is 32.7 Å². The van der Waals surface area contributed by atoms with Crippen LogP contribution in [0.1, 0.15) is 12.5 Å². The fourth-order valence-corrected chi connectivity index (χ4v) is 5.69. The average Bonchev–Trinajstić information content (AvgIpc) is 3.28. The average molecular weight is 615 g/mol. The van der Waals surface area contributed by atoms with Gasteiger partial charge in [-0.2, -0.15) is 0 Å². The van der Waals surface area contributed by atoms with E-state index in [1.54, 1.807) is 48.0 Å². The molecule has 0 atom stereocenters. The number of aromatic amines is 1. The minimum Gasteiger partial charge on any atom is -0.488 e. The van der Waals surface area contributed by atoms with Crippen molar-refractivity contribution in [3.63, 3.8) is 0 Å². The molecular weight excluding hydrogens is 593 g/mol. The second-order valence-corrected chi connectivity index (χ2v) is 11.1. The van der Waals surface area contributed by atoms with E-state index in [-0.39, 0.29) is 35.8 Å². The van der Waals surface area contributed by atoms with Gasteiger partial charge in [-0.05, 0) is 66.6 Å². The van der Waals surface area contributed by atoms with Crippen molar-refractivity contribution in [3.05, 3.63) is 112 Å². The molecule has 2 aromatic heterocycles. The Hall–Kier alpha value is -3.92. The zero-order chi connectivity index (χ0) is 29.4. The monoisotopic (exact) mass is 614 g/mol. The first-order valence-corrected chi connectivity index (χ1v) is 13.8. The molecule has 0 spiro atoms. The molecule has 0 saturated heterocycles. The maximum absolute atomic E-state index is 14.2. The molecule has 210 valence electrons. The van der Waals surface area contributed by atoms with Crippen molar-refractivity contribution in [1.29, 1.82) is 0 Å². The first-order chi connectivity index (χ1) is 19.5. The van der Waals surface area contributed by atoms with E-state index in [0.717, 1.165) is 23.3 Å². The van der Waals surface area contributed by atoms with Gasteiger partial charge < -0.3 is 19.0 Å². The lowest BCUT2D eigenvalue weighted by Crippen LogP contribution is -2.22. The number of benzene rings is 3. The van der Waals surface area contributed by atoms with Gasteiger partial charge in [0.1, 0.15) is 19.0 Å². The van der Waals surface area contributed by atoms with Gasteiger partial charge in [0.25, 0.3) is 5.56 Å². The molecule has 0 bridgehead atoms. The largest absolute Gasteiger partial charge is 0.488 e. The number of rotatable bonds is 7. The Morgan fingerprint density at radius 1 is 1.00 bits per heavy atom. The van der Waals surface area contributed by atoms with E-state index in [2.05, 4.69) is 11.6 Å². The second kappa shape index (κ2) is 11.5. The Bertz CT molecular complexity index is 2050. The number of aryl methyl sites for hydroxylation is 1. The Kier molecular flexibility index (Phi) is 8.04. The molecule has 11 heteroatoms. The first kappa shape index (κ1) is 28.6. The van der Waals surface area contributed by atoms with Gasteiger partial charge in [0.15, 0.2) is 17.4 Å². The van der Waals surface area contributed by atoms with Gasteiger partial charge in [0.05, 0.1) is 25.4 Å². The van der Waals surface area contributed by atoms with Crippen molar-refractivity contribution >= 4 is 57.6 Å². The van der Waals surface area contributed by atoms with Crippen LogP contribution in [0.15, 0.2) is 64.2 Å². The molecule has 0 aliphatic heterocycles. The van der Waals surface area contributed by atoms with E-state index >= 15 is 0 Å². The van der Waals surface area contributed by atoms with Crippen LogP contribution in [-0.2, 0) is 7.05 Å². The zero-order valence-corrected chi connectivity index (χ0v) is 24.1. The lowest BCUT2D eigenvalue weighted by Gasteiger charge is -2.18. The summed E-state index contributed by atoms with van der Waals surface area (Å²) < 4.78 is 42.3. The van der Waals surface area contributed by atoms with E-state index in [9.17, 15) is 18.4 Å². The Morgan fingerprint density at radius 3 is 2.44 bits per heavy atom. The van der Waals surface area contributed by atoms with Crippen molar-refractivity contribution < 1.29 is 18.3 Å². The maximum atomic E-state index is 14.2. The number of aromatic nitrogens is 2. The number of H-pyrrole nitrogens is 1. The third-order valence-corrected chi connectivity index (χ3v) is 8.07. The van der Waals surface area contributed by atoms with Gasteiger partial charge in [-0.15, -0.1) is 11.3 Å². The first-order valence-electron chi connectivity index (χ1n) is 12.3. The number of pyridine rings is 1. The molecule has 6 nitrogen and oxygen atoms in total. The predicted octanol–water partition coefficient (Wildman–Crippen LogP) is 5.63. The van der Waals surface area contributed by atoms with Crippen LogP contribution in [0.25, 0.3) is 34.3 Å². The number of thiazole rings is 1. The van der Waals surface area contributed by atoms with Gasteiger partial charge >= 0.3 is 0 Å². The van der Waals surface area contributed by atoms with Crippen molar-refractivity contribution in [3.8, 4) is 22.8 Å². The summed E-state index contributed by atoms with van der Waals surface area (Å²) in [5.74, 6) is -1.74. The minimum atomic E-state index is -1.06. The summed E-state index contributed by atoms with van der Waals surface area (Å²) in [4.78, 5) is 28.3. The minimum absolute atomic E-state index is 0.0241. The van der Waals surface area contributed by atoms with Gasteiger partial charge in [0.2, 0.25) is 5.43 Å². The van der Waals surface area contributed by atoms with Crippen molar-refractivity contribution in [2.75, 3.05) is 13.2 Å². The summed E-state index contributed by atoms with van der Waals surface area (Å²) in [6.45, 7) is 5.56. The molecule has 0 radical (unpaired) electrons. The van der Waals surface area contributed by atoms with Gasteiger partial charge in [0, 0.05) is 23.0 Å². The summed E-state index contributed by atoms with van der Waals surface area (Å²) >= 11 is 13.9. The van der Waals surface area contributed by atoms with Crippen molar-refractivity contribution in [1.82, 2.24) is 9.55 Å². The molecule has 0 fully saturated rings. The second-order valence-electron chi connectivity index (χ2n) is 9.13. The Labute approximate surface area is 246 Å². The molecule has 3 aromatic carbocycles. The van der Waals surface area contributed by atoms with Crippen LogP contribution >= 0.6 is 34.5 Å². The highest BCUT2D eigenvalue weighted by atomic mass is 35.5. The van der Waals surface area contributed by atoms with E-state index in [1.807, 2.05) is 6.92 Å². The highest BCUT2D eigenvalue weighted by molar-refractivity contribution is 7.07. The fourth-order valence-electron chi connectivity index (χ4n) is 4.48. The molecule has 1 N–H and O–H groups in total. The van der Waals surface area contributed by atoms with Crippen LogP contribution in [0.5, 0.6) is 11.5 Å². The predicted molar refractivity (Wildman–Crippen MR) is 160 cm³/mol. The summed E-state index contributed by atoms with van der Waals surface area (Å²) in [5, 5.41) is 1.08. The number of hydrogen-bond donors (Lipinski definition) is 1. The normalized spacial score (nSPS) is 12.0. The molecule has 41 heavy (non-hydrogen) atoms. The van der Waals surface area contributed by atoms with Gasteiger partial charge in [-0.3, -0.25) is 9.59 Å². The Balaban J connectivity index is 1.42. The zero-order valence-electron chi connectivity index (χ0n) is 21.8. The number of nitrogens with one attached hydrogen (secondary N) is 1. The van der Waals surface area contributed by atoms with Gasteiger partial charge in [-0.1, -0.05) is 35.8 Å². The highest BCUT2D eigenvalue weighted by Gasteiger charge is 2.20. The lowest BCUT2D eigenvalue weighted by molar-refractivity contribution is 0.216. The lowest BCUT2D eigenvalue weighted by atomic mass is 10.1. The number of hydrogen-bond acceptors (Lipinski definition) is 5. The Morgan fingerprint density at radius 2 is 1.76 bits per heavy atom. The van der Waals surface area contributed by atoms with E-state index in [1.165, 1.54) is 17.4 Å². The van der Waals surface area contributed by atoms with Crippen molar-refractivity contribution in [2.24, 2.45) is 7.05 Å². The summed E-state index contributed by atoms with van der Waals surface area (Å²) in [7, 11) is 1.68. The smallest absolute Gasteiger partial charge is 0.266 e. The fraction of sp³-hybridized carbons (Fsp3) is 0.133. The quantitative estimate of drug-likeness (QED) is 0.241. The molecule has 0 unspecified atom stereocenters. The van der Waals surface area contributed by atoms with Crippen LogP contribution in [0.2, 0.25) is 10.0 Å². The molecule has 0 aliphatic carbocycles. The number of ether oxygens (including phenoxy) is 2. The SMILES string of the molecule is C=c1[nH]c(=O)/c(=C(/C)c2ccc(OCCOc3c(-c4ccc(F)c(F)c4)n(C)c4cc(Cl)ccc4c3=O)c(Cl)c2)s1. The molecule has 0 aliphatic rings. The number of halogens is 4. The maximum Gasteiger partial charge on any atom is 0.266 e. The van der Waals surface area contributed by atoms with Crippen LogP contribution < -0.4 is 29.7 Å². The molecule has 2 heterocycles. The van der Waals surface area contributed by atoms with Crippen LogP contribution in [-0.4, -0.2) is 22.8 Å². The number of fused-ring (bicyclic) bond motifs is 1.